The number of nitrogens with zero attached hydrogens (tertiary/aromatic N) is 2. The maximum Gasteiger partial charge on any atom is 0.340 e. The van der Waals surface area contributed by atoms with Gasteiger partial charge in [0.05, 0.1) is 15.6 Å². The lowest BCUT2D eigenvalue weighted by molar-refractivity contribution is -0.119. The molecule has 0 saturated carbocycles. The van der Waals surface area contributed by atoms with Gasteiger partial charge in [-0.15, -0.1) is 0 Å². The molecule has 134 valence electrons. The number of fused-ring (bicyclic) bond motifs is 1. The standard InChI is InChI=1S/C18H15Cl2N3O3/c1-2-23-9-13(12-5-3-4-6-15(12)23)18(25)26-10-16(24)22-17-14(20)7-11(19)8-21-17/h3-9H,2,10H2,1H3,(H,21,22,24). The van der Waals surface area contributed by atoms with Crippen LogP contribution in [0.3, 0.4) is 0 Å². The van der Waals surface area contributed by atoms with Gasteiger partial charge in [0.2, 0.25) is 0 Å². The maximum atomic E-state index is 12.4. The number of rotatable bonds is 5. The fourth-order valence-corrected chi connectivity index (χ4v) is 2.98. The largest absolute Gasteiger partial charge is 0.452 e. The van der Waals surface area contributed by atoms with E-state index in [-0.39, 0.29) is 10.8 Å². The van der Waals surface area contributed by atoms with E-state index in [1.165, 1.54) is 12.3 Å². The Bertz CT molecular complexity index is 985. The van der Waals surface area contributed by atoms with E-state index in [1.807, 2.05) is 35.8 Å². The lowest BCUT2D eigenvalue weighted by Gasteiger charge is -2.07. The quantitative estimate of drug-likeness (QED) is 0.662. The van der Waals surface area contributed by atoms with Crippen LogP contribution in [0.5, 0.6) is 0 Å². The minimum absolute atomic E-state index is 0.153. The summed E-state index contributed by atoms with van der Waals surface area (Å²) in [4.78, 5) is 28.3. The van der Waals surface area contributed by atoms with Crippen molar-refractivity contribution in [1.29, 1.82) is 0 Å². The first-order chi connectivity index (χ1) is 12.5. The normalized spacial score (nSPS) is 10.7. The highest BCUT2D eigenvalue weighted by atomic mass is 35.5. The third-order valence-corrected chi connectivity index (χ3v) is 4.24. The molecular weight excluding hydrogens is 377 g/mol. The number of para-hydroxylation sites is 1. The summed E-state index contributed by atoms with van der Waals surface area (Å²) >= 11 is 11.7. The van der Waals surface area contributed by atoms with E-state index >= 15 is 0 Å². The molecule has 0 bridgehead atoms. The summed E-state index contributed by atoms with van der Waals surface area (Å²) in [5, 5.41) is 3.81. The van der Waals surface area contributed by atoms with Crippen LogP contribution >= 0.6 is 23.2 Å². The van der Waals surface area contributed by atoms with Crippen molar-refractivity contribution in [3.05, 3.63) is 58.3 Å². The Hall–Kier alpha value is -2.57. The lowest BCUT2D eigenvalue weighted by atomic mass is 10.2. The number of esters is 1. The number of benzene rings is 1. The minimum Gasteiger partial charge on any atom is -0.452 e. The molecule has 1 N–H and O–H groups in total. The molecule has 0 atom stereocenters. The molecule has 26 heavy (non-hydrogen) atoms. The van der Waals surface area contributed by atoms with Gasteiger partial charge >= 0.3 is 5.97 Å². The summed E-state index contributed by atoms with van der Waals surface area (Å²) in [6.07, 6.45) is 3.08. The molecule has 0 saturated heterocycles. The number of ether oxygens (including phenoxy) is 1. The average Bonchev–Trinajstić information content (AvgIpc) is 3.01. The summed E-state index contributed by atoms with van der Waals surface area (Å²) in [6.45, 7) is 2.25. The average molecular weight is 392 g/mol. The topological polar surface area (TPSA) is 73.2 Å². The molecule has 0 unspecified atom stereocenters. The van der Waals surface area contributed by atoms with Crippen molar-refractivity contribution in [2.24, 2.45) is 0 Å². The van der Waals surface area contributed by atoms with Crippen molar-refractivity contribution in [1.82, 2.24) is 9.55 Å². The van der Waals surface area contributed by atoms with E-state index in [2.05, 4.69) is 10.3 Å². The van der Waals surface area contributed by atoms with Gasteiger partial charge in [0.25, 0.3) is 5.91 Å². The summed E-state index contributed by atoms with van der Waals surface area (Å²) in [6, 6.07) is 8.98. The van der Waals surface area contributed by atoms with Crippen LogP contribution in [0.25, 0.3) is 10.9 Å². The van der Waals surface area contributed by atoms with Gasteiger partial charge in [0, 0.05) is 29.8 Å². The van der Waals surface area contributed by atoms with Gasteiger partial charge < -0.3 is 14.6 Å². The molecule has 6 nitrogen and oxygen atoms in total. The number of pyridine rings is 1. The SMILES string of the molecule is CCn1cc(C(=O)OCC(=O)Nc2ncc(Cl)cc2Cl)c2ccccc21. The highest BCUT2D eigenvalue weighted by Crippen LogP contribution is 2.23. The Morgan fingerprint density at radius 2 is 2.04 bits per heavy atom. The molecule has 0 aliphatic carbocycles. The van der Waals surface area contributed by atoms with E-state index in [4.69, 9.17) is 27.9 Å². The van der Waals surface area contributed by atoms with Crippen molar-refractivity contribution in [2.75, 3.05) is 11.9 Å². The zero-order valence-corrected chi connectivity index (χ0v) is 15.3. The Kier molecular flexibility index (Phi) is 5.44. The summed E-state index contributed by atoms with van der Waals surface area (Å²) in [5.41, 5.74) is 1.35. The molecule has 0 fully saturated rings. The molecule has 8 heteroatoms. The number of hydrogen-bond donors (Lipinski definition) is 1. The predicted molar refractivity (Wildman–Crippen MR) is 101 cm³/mol. The number of anilines is 1. The van der Waals surface area contributed by atoms with Gasteiger partial charge in [0.1, 0.15) is 0 Å². The van der Waals surface area contributed by atoms with Crippen molar-refractivity contribution in [3.63, 3.8) is 0 Å². The molecule has 0 aliphatic heterocycles. The lowest BCUT2D eigenvalue weighted by Crippen LogP contribution is -2.21. The van der Waals surface area contributed by atoms with Gasteiger partial charge in [-0.2, -0.15) is 0 Å². The third-order valence-electron chi connectivity index (χ3n) is 3.75. The van der Waals surface area contributed by atoms with Gasteiger partial charge in [-0.25, -0.2) is 9.78 Å². The molecule has 2 heterocycles. The van der Waals surface area contributed by atoms with E-state index in [0.717, 1.165) is 17.4 Å². The summed E-state index contributed by atoms with van der Waals surface area (Å²) in [7, 11) is 0. The van der Waals surface area contributed by atoms with Crippen LogP contribution in [0.1, 0.15) is 17.3 Å². The second kappa shape index (κ2) is 7.76. The number of carbonyl (C=O) groups excluding carboxylic acids is 2. The van der Waals surface area contributed by atoms with Crippen molar-refractivity contribution < 1.29 is 14.3 Å². The fourth-order valence-electron chi connectivity index (χ4n) is 2.55. The Morgan fingerprint density at radius 1 is 1.27 bits per heavy atom. The summed E-state index contributed by atoms with van der Waals surface area (Å²) < 4.78 is 7.08. The van der Waals surface area contributed by atoms with Crippen LogP contribution in [-0.2, 0) is 16.1 Å². The molecule has 0 aliphatic rings. The molecule has 0 spiro atoms. The Balaban J connectivity index is 1.68. The highest BCUT2D eigenvalue weighted by Gasteiger charge is 2.17. The van der Waals surface area contributed by atoms with Crippen molar-refractivity contribution in [3.8, 4) is 0 Å². The molecule has 3 rings (SSSR count). The van der Waals surface area contributed by atoms with Crippen molar-refractivity contribution in [2.45, 2.75) is 13.5 Å². The first-order valence-corrected chi connectivity index (χ1v) is 8.61. The maximum absolute atomic E-state index is 12.4. The van der Waals surface area contributed by atoms with Crippen LogP contribution in [0, 0.1) is 0 Å². The van der Waals surface area contributed by atoms with Gasteiger partial charge in [0.15, 0.2) is 12.4 Å². The van der Waals surface area contributed by atoms with Gasteiger partial charge in [-0.3, -0.25) is 4.79 Å². The number of halogens is 2. The monoisotopic (exact) mass is 391 g/mol. The van der Waals surface area contributed by atoms with Crippen LogP contribution < -0.4 is 5.32 Å². The molecule has 3 aromatic rings. The number of aryl methyl sites for hydroxylation is 1. The zero-order chi connectivity index (χ0) is 18.7. The Labute approximate surface area is 159 Å². The molecule has 2 aromatic heterocycles. The smallest absolute Gasteiger partial charge is 0.340 e. The van der Waals surface area contributed by atoms with Gasteiger partial charge in [-0.05, 0) is 19.1 Å². The van der Waals surface area contributed by atoms with Gasteiger partial charge in [-0.1, -0.05) is 41.4 Å². The fraction of sp³-hybridized carbons (Fsp3) is 0.167. The number of hydrogen-bond acceptors (Lipinski definition) is 4. The minimum atomic E-state index is -0.571. The number of carbonyl (C=O) groups is 2. The molecule has 0 radical (unpaired) electrons. The second-order valence-electron chi connectivity index (χ2n) is 5.45. The molecular formula is C18H15Cl2N3O3. The van der Waals surface area contributed by atoms with E-state index in [0.29, 0.717) is 10.6 Å². The first-order valence-electron chi connectivity index (χ1n) is 7.85. The molecule has 1 aromatic carbocycles. The number of aromatic nitrogens is 2. The van der Waals surface area contributed by atoms with Crippen LogP contribution in [-0.4, -0.2) is 28.0 Å². The second-order valence-corrected chi connectivity index (χ2v) is 6.30. The van der Waals surface area contributed by atoms with Crippen LogP contribution in [0.2, 0.25) is 10.0 Å². The zero-order valence-electron chi connectivity index (χ0n) is 13.8. The van der Waals surface area contributed by atoms with E-state index in [9.17, 15) is 9.59 Å². The Morgan fingerprint density at radius 3 is 2.77 bits per heavy atom. The van der Waals surface area contributed by atoms with Crippen LogP contribution in [0.4, 0.5) is 5.82 Å². The highest BCUT2D eigenvalue weighted by molar-refractivity contribution is 6.36. The van der Waals surface area contributed by atoms with E-state index < -0.39 is 18.5 Å². The molecule has 1 amide bonds. The third kappa shape index (κ3) is 3.81. The summed E-state index contributed by atoms with van der Waals surface area (Å²) in [5.74, 6) is -0.965. The predicted octanol–water partition coefficient (Wildman–Crippen LogP) is 4.16. The first kappa shape index (κ1) is 18.2. The number of nitrogens with one attached hydrogen (secondary N) is 1. The van der Waals surface area contributed by atoms with Crippen LogP contribution in [0.15, 0.2) is 42.7 Å². The van der Waals surface area contributed by atoms with Crippen molar-refractivity contribution >= 4 is 51.8 Å². The number of amides is 1. The van der Waals surface area contributed by atoms with E-state index in [1.54, 1.807) is 6.20 Å².